The van der Waals surface area contributed by atoms with Crippen LogP contribution in [0.4, 0.5) is 13.2 Å². The van der Waals surface area contributed by atoms with Crippen molar-refractivity contribution in [2.24, 2.45) is 0 Å². The fourth-order valence-corrected chi connectivity index (χ4v) is 11.9. The van der Waals surface area contributed by atoms with Gasteiger partial charge in [0.15, 0.2) is 0 Å². The zero-order valence-electron chi connectivity index (χ0n) is 55.0. The van der Waals surface area contributed by atoms with Crippen LogP contribution in [-0.4, -0.2) is 23.9 Å². The van der Waals surface area contributed by atoms with Crippen LogP contribution in [0.25, 0.3) is 44.5 Å². The minimum Gasteiger partial charge on any atom is -0.336 e. The first-order valence-electron chi connectivity index (χ1n) is 32.0. The highest BCUT2D eigenvalue weighted by atomic mass is 127. The number of nitrogens with zero attached hydrogens (tertiary/aromatic N) is 1. The molecule has 0 spiro atoms. The van der Waals surface area contributed by atoms with Crippen LogP contribution in [-0.2, 0) is 30.2 Å². The Labute approximate surface area is 564 Å². The molecular weight excluding hydrogens is 1300 g/mol. The summed E-state index contributed by atoms with van der Waals surface area (Å²) < 4.78 is 39.9. The number of carbonyl (C=O) groups is 1. The first-order chi connectivity index (χ1) is 43.8. The van der Waals surface area contributed by atoms with Crippen LogP contribution in [0.5, 0.6) is 0 Å². The Morgan fingerprint density at radius 2 is 0.835 bits per heavy atom. The van der Waals surface area contributed by atoms with E-state index in [0.29, 0.717) is 23.0 Å². The first kappa shape index (κ1) is 72.7. The van der Waals surface area contributed by atoms with Crippen LogP contribution in [0.2, 0.25) is 0 Å². The summed E-state index contributed by atoms with van der Waals surface area (Å²) in [5.41, 5.74) is 21.6. The molecule has 10 aromatic carbocycles. The highest BCUT2D eigenvalue weighted by Crippen LogP contribution is 2.35. The number of carbonyl (C=O) groups excluding carboxylic acids is 1. The lowest BCUT2D eigenvalue weighted by Gasteiger charge is -2.31. The van der Waals surface area contributed by atoms with Crippen molar-refractivity contribution in [2.75, 3.05) is 13.1 Å². The maximum absolute atomic E-state index is 13.2. The van der Waals surface area contributed by atoms with Crippen LogP contribution in [0.15, 0.2) is 243 Å². The Balaban J connectivity index is 0.000000192. The molecule has 3 nitrogen and oxygen atoms in total. The zero-order chi connectivity index (χ0) is 65.9. The highest BCUT2D eigenvalue weighted by Gasteiger charge is 2.30. The fraction of sp³-hybridized carbons (Fsp3) is 0.265. The Morgan fingerprint density at radius 3 is 1.24 bits per heavy atom. The number of rotatable bonds is 17. The van der Waals surface area contributed by atoms with Gasteiger partial charge < -0.3 is 10.2 Å². The molecule has 0 saturated carbocycles. The normalized spacial score (nSPS) is 11.8. The van der Waals surface area contributed by atoms with E-state index in [2.05, 4.69) is 299 Å². The van der Waals surface area contributed by atoms with Crippen molar-refractivity contribution in [1.82, 2.24) is 10.2 Å². The van der Waals surface area contributed by atoms with E-state index in [9.17, 15) is 18.0 Å². The van der Waals surface area contributed by atoms with Crippen LogP contribution < -0.4 is 5.32 Å². The summed E-state index contributed by atoms with van der Waals surface area (Å²) in [5, 5.41) is 3.57. The molecule has 1 N–H and O–H groups in total. The van der Waals surface area contributed by atoms with Gasteiger partial charge in [0.25, 0.3) is 0 Å². The van der Waals surface area contributed by atoms with E-state index < -0.39 is 11.7 Å². The van der Waals surface area contributed by atoms with Crippen LogP contribution >= 0.6 is 38.5 Å². The number of hydrogen-bond acceptors (Lipinski definition) is 2. The molecule has 0 bridgehead atoms. The van der Waals surface area contributed by atoms with E-state index in [0.717, 1.165) is 61.1 Å². The lowest BCUT2D eigenvalue weighted by molar-refractivity contribution is -0.137. The predicted molar refractivity (Wildman–Crippen MR) is 394 cm³/mol. The fourth-order valence-electron chi connectivity index (χ4n) is 10.7. The van der Waals surface area contributed by atoms with E-state index in [4.69, 9.17) is 0 Å². The second kappa shape index (κ2) is 37.2. The largest absolute Gasteiger partial charge is 0.416 e. The van der Waals surface area contributed by atoms with E-state index in [1.165, 1.54) is 93.6 Å². The van der Waals surface area contributed by atoms with E-state index >= 15 is 0 Å². The van der Waals surface area contributed by atoms with Crippen molar-refractivity contribution < 1.29 is 18.0 Å². The quantitative estimate of drug-likeness (QED) is 0.0728. The molecular formula is C83H91BrF3IN2O. The Kier molecular flexibility index (Phi) is 29.7. The molecule has 10 aromatic rings. The van der Waals surface area contributed by atoms with Gasteiger partial charge in [0.05, 0.1) is 18.0 Å². The maximum atomic E-state index is 13.2. The third-order valence-corrected chi connectivity index (χ3v) is 17.5. The van der Waals surface area contributed by atoms with Gasteiger partial charge in [-0.1, -0.05) is 290 Å². The predicted octanol–water partition coefficient (Wildman–Crippen LogP) is 24.1. The Bertz CT molecular complexity index is 3770. The summed E-state index contributed by atoms with van der Waals surface area (Å²) >= 11 is 6.01. The lowest BCUT2D eigenvalue weighted by Crippen LogP contribution is -2.35. The summed E-state index contributed by atoms with van der Waals surface area (Å²) in [6, 6.07) is 81.9. The van der Waals surface area contributed by atoms with Gasteiger partial charge in [-0.3, -0.25) is 4.79 Å². The third kappa shape index (κ3) is 22.5. The summed E-state index contributed by atoms with van der Waals surface area (Å²) in [6.45, 7) is 25.0. The van der Waals surface area contributed by atoms with E-state index in [-0.39, 0.29) is 18.4 Å². The Hall–Kier alpha value is -7.37. The summed E-state index contributed by atoms with van der Waals surface area (Å²) in [4.78, 5) is 15.4. The van der Waals surface area contributed by atoms with Gasteiger partial charge in [0.2, 0.25) is 5.91 Å². The van der Waals surface area contributed by atoms with Crippen molar-refractivity contribution in [3.05, 3.63) is 307 Å². The second-order valence-corrected chi connectivity index (χ2v) is 25.6. The number of alkyl halides is 4. The standard InChI is InChI=1S/C27H28F3NO.C18H23N.C15H15Br.C15H16.C8H9I/c1-4-17-31(26(32)18-21-11-15-23(16-12-21)27(28,29)30)20(3)24-7-5-6-8-25(24)22-13-9-19(2)10-14-22;1-4-13-19-15(3)17-7-5-6-8-18(17)16-11-9-14(2)10-12-16;1-11-7-9-13(10-8-11)15-6-4-3-5-14(15)12(2)16;1-3-13-6-4-5-7-15(13)14-10-8-12(2)9-11-14;1-2-7-5-3-4-6-8(7)9/h5-16,20H,4,17-18H2,1-3H3;5-12,15,19H,4,13H2,1-3H3;3-10,12H,1-2H3;4-11H,3H2,1-2H3;3-6H,2H2,1H3. The molecule has 474 valence electrons. The van der Waals surface area contributed by atoms with Crippen molar-refractivity contribution >= 4 is 44.4 Å². The van der Waals surface area contributed by atoms with Crippen molar-refractivity contribution in [2.45, 2.75) is 131 Å². The van der Waals surface area contributed by atoms with E-state index in [1.54, 1.807) is 0 Å². The number of hydrogen-bond donors (Lipinski definition) is 1. The summed E-state index contributed by atoms with van der Waals surface area (Å²) in [6.07, 6.45) is -0.143. The smallest absolute Gasteiger partial charge is 0.336 e. The number of amides is 1. The number of benzene rings is 10. The van der Waals surface area contributed by atoms with Crippen LogP contribution in [0, 0.1) is 31.3 Å². The average Bonchev–Trinajstić information content (AvgIpc) is 1.71. The monoisotopic (exact) mass is 1390 g/mol. The van der Waals surface area contributed by atoms with Crippen molar-refractivity contribution in [3.8, 4) is 44.5 Å². The van der Waals surface area contributed by atoms with Gasteiger partial charge >= 0.3 is 6.18 Å². The molecule has 0 fully saturated rings. The van der Waals surface area contributed by atoms with Gasteiger partial charge in [-0.25, -0.2) is 0 Å². The average molecular weight is 1400 g/mol. The topological polar surface area (TPSA) is 32.3 Å². The van der Waals surface area contributed by atoms with Gasteiger partial charge in [-0.05, 0) is 199 Å². The Morgan fingerprint density at radius 1 is 0.462 bits per heavy atom. The van der Waals surface area contributed by atoms with Crippen LogP contribution in [0.1, 0.15) is 139 Å². The minimum atomic E-state index is -4.38. The highest BCUT2D eigenvalue weighted by molar-refractivity contribution is 14.1. The molecule has 0 aliphatic rings. The first-order valence-corrected chi connectivity index (χ1v) is 33.9. The summed E-state index contributed by atoms with van der Waals surface area (Å²) in [7, 11) is 0. The molecule has 0 aliphatic carbocycles. The number of halogens is 5. The minimum absolute atomic E-state index is 0.0647. The van der Waals surface area contributed by atoms with Crippen molar-refractivity contribution in [1.29, 1.82) is 0 Å². The van der Waals surface area contributed by atoms with Crippen LogP contribution in [0.3, 0.4) is 0 Å². The van der Waals surface area contributed by atoms with Gasteiger partial charge in [0, 0.05) is 21.0 Å². The number of aryl methyl sites for hydroxylation is 6. The maximum Gasteiger partial charge on any atom is 0.416 e. The molecule has 1 amide bonds. The molecule has 0 radical (unpaired) electrons. The van der Waals surface area contributed by atoms with Gasteiger partial charge in [-0.15, -0.1) is 0 Å². The lowest BCUT2D eigenvalue weighted by atomic mass is 9.94. The molecule has 3 unspecified atom stereocenters. The molecule has 0 aromatic heterocycles. The molecule has 10 rings (SSSR count). The molecule has 8 heteroatoms. The molecule has 3 atom stereocenters. The zero-order valence-corrected chi connectivity index (χ0v) is 58.8. The third-order valence-electron chi connectivity index (χ3n) is 16.0. The second-order valence-electron chi connectivity index (χ2n) is 23.1. The molecule has 0 heterocycles. The van der Waals surface area contributed by atoms with Crippen molar-refractivity contribution in [3.63, 3.8) is 0 Å². The summed E-state index contributed by atoms with van der Waals surface area (Å²) in [5.74, 6) is -0.0992. The molecule has 0 aliphatic heterocycles. The SMILES string of the molecule is CCCN(C(=O)Cc1ccc(C(F)(F)F)cc1)C(C)c1ccccc1-c1ccc(C)cc1.CCCNC(C)c1ccccc1-c1ccc(C)cc1.CCc1ccccc1-c1ccc(C)cc1.CCc1ccccc1I.Cc1ccc(-c2ccccc2C(C)Br)cc1. The molecule has 91 heavy (non-hydrogen) atoms. The van der Waals surface area contributed by atoms with Gasteiger partial charge in [-0.2, -0.15) is 13.2 Å². The van der Waals surface area contributed by atoms with E-state index in [1.807, 2.05) is 43.9 Å². The number of nitrogens with one attached hydrogen (secondary N) is 1. The molecule has 0 saturated heterocycles. The van der Waals surface area contributed by atoms with Gasteiger partial charge in [0.1, 0.15) is 0 Å².